The van der Waals surface area contributed by atoms with Crippen molar-refractivity contribution in [3.8, 4) is 0 Å². The first-order valence-corrected chi connectivity index (χ1v) is 10.7. The molecular weight excluding hydrogens is 466 g/mol. The molecule has 0 aliphatic heterocycles. The lowest BCUT2D eigenvalue weighted by atomic mass is 10.1. The summed E-state index contributed by atoms with van der Waals surface area (Å²) in [5, 5.41) is 13.2. The van der Waals surface area contributed by atoms with Crippen LogP contribution in [0, 0.1) is 6.92 Å². The molecular formula is C23H21Br2NO. The van der Waals surface area contributed by atoms with Crippen LogP contribution in [0.25, 0.3) is 21.8 Å². The number of hydrogen-bond acceptors (Lipinski definition) is 1. The van der Waals surface area contributed by atoms with Crippen LogP contribution >= 0.6 is 31.9 Å². The monoisotopic (exact) mass is 485 g/mol. The molecule has 1 atom stereocenters. The Balaban J connectivity index is 1.71. The average Bonchev–Trinajstić information content (AvgIpc) is 2.97. The number of aromatic nitrogens is 1. The van der Waals surface area contributed by atoms with Gasteiger partial charge in [-0.15, -0.1) is 0 Å². The van der Waals surface area contributed by atoms with Gasteiger partial charge < -0.3 is 9.67 Å². The Morgan fingerprint density at radius 3 is 2.48 bits per heavy atom. The predicted octanol–water partition coefficient (Wildman–Crippen LogP) is 6.62. The third-order valence-electron chi connectivity index (χ3n) is 5.19. The first-order chi connectivity index (χ1) is 13.0. The van der Waals surface area contributed by atoms with E-state index < -0.39 is 6.10 Å². The topological polar surface area (TPSA) is 25.2 Å². The van der Waals surface area contributed by atoms with Gasteiger partial charge in [-0.3, -0.25) is 0 Å². The van der Waals surface area contributed by atoms with Crippen molar-refractivity contribution in [3.63, 3.8) is 0 Å². The van der Waals surface area contributed by atoms with Crippen molar-refractivity contribution >= 4 is 53.7 Å². The number of halogens is 2. The molecule has 0 aliphatic carbocycles. The fourth-order valence-corrected chi connectivity index (χ4v) is 4.48. The number of benzene rings is 3. The van der Waals surface area contributed by atoms with E-state index in [9.17, 15) is 5.11 Å². The van der Waals surface area contributed by atoms with E-state index in [4.69, 9.17) is 0 Å². The van der Waals surface area contributed by atoms with Crippen molar-refractivity contribution in [2.75, 3.05) is 0 Å². The Bertz CT molecular complexity index is 1100. The number of fused-ring (bicyclic) bond motifs is 3. The van der Waals surface area contributed by atoms with Gasteiger partial charge in [0.1, 0.15) is 0 Å². The highest BCUT2D eigenvalue weighted by Crippen LogP contribution is 2.36. The van der Waals surface area contributed by atoms with Gasteiger partial charge >= 0.3 is 0 Å². The van der Waals surface area contributed by atoms with E-state index >= 15 is 0 Å². The van der Waals surface area contributed by atoms with Crippen LogP contribution in [0.1, 0.15) is 17.5 Å². The lowest BCUT2D eigenvalue weighted by molar-refractivity contribution is 0.147. The molecule has 1 unspecified atom stereocenters. The summed E-state index contributed by atoms with van der Waals surface area (Å²) in [6, 6.07) is 21.0. The van der Waals surface area contributed by atoms with Crippen LogP contribution in [0.2, 0.25) is 0 Å². The Morgan fingerprint density at radius 2 is 1.70 bits per heavy atom. The van der Waals surface area contributed by atoms with Crippen molar-refractivity contribution in [2.24, 2.45) is 0 Å². The third kappa shape index (κ3) is 3.71. The molecule has 0 amide bonds. The van der Waals surface area contributed by atoms with Gasteiger partial charge in [0.25, 0.3) is 0 Å². The Hall–Kier alpha value is -1.62. The van der Waals surface area contributed by atoms with Gasteiger partial charge in [0.2, 0.25) is 0 Å². The fourth-order valence-electron chi connectivity index (χ4n) is 3.79. The molecule has 138 valence electrons. The maximum absolute atomic E-state index is 10.7. The van der Waals surface area contributed by atoms with E-state index in [0.717, 1.165) is 27.3 Å². The number of aliphatic hydroxyl groups is 1. The summed E-state index contributed by atoms with van der Waals surface area (Å²) in [4.78, 5) is 0. The Morgan fingerprint density at radius 1 is 0.963 bits per heavy atom. The summed E-state index contributed by atoms with van der Waals surface area (Å²) in [6.45, 7) is 2.73. The predicted molar refractivity (Wildman–Crippen MR) is 120 cm³/mol. The van der Waals surface area contributed by atoms with E-state index in [1.165, 1.54) is 27.4 Å². The van der Waals surface area contributed by atoms with E-state index in [1.54, 1.807) is 0 Å². The number of aryl methyl sites for hydroxylation is 2. The summed E-state index contributed by atoms with van der Waals surface area (Å²) in [6.07, 6.45) is 1.24. The second-order valence-corrected chi connectivity index (χ2v) is 8.79. The standard InChI is InChI=1S/C23H21Br2NO/c1-15-20(25)10-12-22-23(15)19-13-17(24)8-11-21(19)26(22)14-18(27)9-7-16-5-3-2-4-6-16/h2-6,8,10-13,18,27H,7,9,14H2,1H3. The van der Waals surface area contributed by atoms with Crippen LogP contribution in [0.4, 0.5) is 0 Å². The molecule has 3 aromatic carbocycles. The molecule has 1 heterocycles. The third-order valence-corrected chi connectivity index (χ3v) is 6.54. The Labute approximate surface area is 176 Å². The van der Waals surface area contributed by atoms with Gasteiger partial charge in [-0.1, -0.05) is 62.2 Å². The van der Waals surface area contributed by atoms with E-state index in [2.05, 4.69) is 85.8 Å². The normalized spacial score (nSPS) is 12.7. The zero-order chi connectivity index (χ0) is 19.0. The van der Waals surface area contributed by atoms with Crippen molar-refractivity contribution in [2.45, 2.75) is 32.4 Å². The molecule has 1 N–H and O–H groups in total. The smallest absolute Gasteiger partial charge is 0.0722 e. The zero-order valence-electron chi connectivity index (χ0n) is 15.1. The van der Waals surface area contributed by atoms with Crippen LogP contribution in [0.3, 0.4) is 0 Å². The molecule has 2 nitrogen and oxygen atoms in total. The van der Waals surface area contributed by atoms with Crippen LogP contribution in [0.5, 0.6) is 0 Å². The second-order valence-electron chi connectivity index (χ2n) is 7.02. The van der Waals surface area contributed by atoms with Gasteiger partial charge in [0.15, 0.2) is 0 Å². The van der Waals surface area contributed by atoms with Gasteiger partial charge in [0.05, 0.1) is 6.10 Å². The Kier molecular flexibility index (Phi) is 5.40. The van der Waals surface area contributed by atoms with Crippen LogP contribution in [0.15, 0.2) is 69.6 Å². The summed E-state index contributed by atoms with van der Waals surface area (Å²) in [7, 11) is 0. The number of aliphatic hydroxyl groups excluding tert-OH is 1. The first kappa shape index (κ1) is 18.7. The summed E-state index contributed by atoms with van der Waals surface area (Å²) in [5.74, 6) is 0. The van der Waals surface area contributed by atoms with Crippen molar-refractivity contribution in [1.29, 1.82) is 0 Å². The first-order valence-electron chi connectivity index (χ1n) is 9.13. The summed E-state index contributed by atoms with van der Waals surface area (Å²) < 4.78 is 4.43. The highest BCUT2D eigenvalue weighted by molar-refractivity contribution is 9.10. The van der Waals surface area contributed by atoms with E-state index in [1.807, 2.05) is 18.2 Å². The minimum absolute atomic E-state index is 0.392. The van der Waals surface area contributed by atoms with Gasteiger partial charge in [0, 0.05) is 37.3 Å². The fraction of sp³-hybridized carbons (Fsp3) is 0.217. The van der Waals surface area contributed by atoms with Gasteiger partial charge in [-0.25, -0.2) is 0 Å². The average molecular weight is 487 g/mol. The van der Waals surface area contributed by atoms with Crippen LogP contribution in [-0.2, 0) is 13.0 Å². The zero-order valence-corrected chi connectivity index (χ0v) is 18.3. The SMILES string of the molecule is Cc1c(Br)ccc2c1c1cc(Br)ccc1n2CC(O)CCc1ccccc1. The van der Waals surface area contributed by atoms with Gasteiger partial charge in [-0.2, -0.15) is 0 Å². The molecule has 0 saturated carbocycles. The van der Waals surface area contributed by atoms with Crippen molar-refractivity contribution in [3.05, 3.63) is 80.7 Å². The largest absolute Gasteiger partial charge is 0.391 e. The number of rotatable bonds is 5. The molecule has 4 rings (SSSR count). The highest BCUT2D eigenvalue weighted by Gasteiger charge is 2.16. The number of nitrogens with zero attached hydrogens (tertiary/aromatic N) is 1. The lowest BCUT2D eigenvalue weighted by Crippen LogP contribution is -2.16. The molecule has 0 spiro atoms. The molecule has 0 aliphatic rings. The maximum atomic E-state index is 10.7. The lowest BCUT2D eigenvalue weighted by Gasteiger charge is -2.14. The highest BCUT2D eigenvalue weighted by atomic mass is 79.9. The molecule has 0 fully saturated rings. The molecule has 0 bridgehead atoms. The van der Waals surface area contributed by atoms with Crippen molar-refractivity contribution < 1.29 is 5.11 Å². The van der Waals surface area contributed by atoms with Crippen molar-refractivity contribution in [1.82, 2.24) is 4.57 Å². The molecule has 0 saturated heterocycles. The van der Waals surface area contributed by atoms with Crippen LogP contribution in [-0.4, -0.2) is 15.8 Å². The second kappa shape index (κ2) is 7.78. The van der Waals surface area contributed by atoms with Crippen LogP contribution < -0.4 is 0 Å². The maximum Gasteiger partial charge on any atom is 0.0722 e. The molecule has 4 aromatic rings. The summed E-state index contributed by atoms with van der Waals surface area (Å²) in [5.41, 5.74) is 4.83. The van der Waals surface area contributed by atoms with E-state index in [0.29, 0.717) is 6.54 Å². The molecule has 4 heteroatoms. The quantitative estimate of drug-likeness (QED) is 0.336. The summed E-state index contributed by atoms with van der Waals surface area (Å²) >= 11 is 7.26. The number of hydrogen-bond donors (Lipinski definition) is 1. The molecule has 27 heavy (non-hydrogen) atoms. The van der Waals surface area contributed by atoms with E-state index in [-0.39, 0.29) is 0 Å². The molecule has 1 aromatic heterocycles. The molecule has 0 radical (unpaired) electrons. The minimum atomic E-state index is -0.392. The van der Waals surface area contributed by atoms with Gasteiger partial charge in [-0.05, 0) is 61.2 Å². The minimum Gasteiger partial charge on any atom is -0.391 e.